The van der Waals surface area contributed by atoms with Gasteiger partial charge in [0.2, 0.25) is 5.88 Å². The molecule has 98 valence electrons. The summed E-state index contributed by atoms with van der Waals surface area (Å²) in [7, 11) is 1.54. The summed E-state index contributed by atoms with van der Waals surface area (Å²) in [6.07, 6.45) is 0.589. The van der Waals surface area contributed by atoms with Crippen LogP contribution in [0, 0.1) is 0 Å². The van der Waals surface area contributed by atoms with Crippen LogP contribution in [0.3, 0.4) is 0 Å². The summed E-state index contributed by atoms with van der Waals surface area (Å²) < 4.78 is 5.07. The Hall–Kier alpha value is -1.98. The van der Waals surface area contributed by atoms with Crippen LogP contribution in [0.2, 0.25) is 0 Å². The number of fused-ring (bicyclic) bond motifs is 1. The van der Waals surface area contributed by atoms with Crippen LogP contribution in [-0.4, -0.2) is 29.3 Å². The molecular formula is C12H17N3O3. The zero-order valence-electron chi connectivity index (χ0n) is 10.4. The molecule has 6 heteroatoms. The lowest BCUT2D eigenvalue weighted by atomic mass is 9.96. The molecule has 0 spiro atoms. The second-order valence-electron chi connectivity index (χ2n) is 4.27. The minimum atomic E-state index is -1.03. The third-order valence-corrected chi connectivity index (χ3v) is 3.11. The maximum atomic E-state index is 10.8. The van der Waals surface area contributed by atoms with Gasteiger partial charge in [0.25, 0.3) is 0 Å². The highest BCUT2D eigenvalue weighted by Gasteiger charge is 2.28. The van der Waals surface area contributed by atoms with Crippen molar-refractivity contribution in [1.29, 1.82) is 0 Å². The molecule has 2 rings (SSSR count). The molecule has 2 unspecified atom stereocenters. The number of nitrogens with zero attached hydrogens (tertiary/aromatic N) is 1. The number of carbonyl (C=O) groups is 1. The largest absolute Gasteiger partial charge is 0.481 e. The van der Waals surface area contributed by atoms with Crippen molar-refractivity contribution in [3.63, 3.8) is 0 Å². The summed E-state index contributed by atoms with van der Waals surface area (Å²) in [5.41, 5.74) is 1.56. The summed E-state index contributed by atoms with van der Waals surface area (Å²) in [5.74, 6) is 0.489. The normalized spacial score (nSPS) is 21.7. The minimum absolute atomic E-state index is 0.254. The molecule has 1 aliphatic rings. The summed E-state index contributed by atoms with van der Waals surface area (Å²) >= 11 is 0. The van der Waals surface area contributed by atoms with Crippen LogP contribution in [0.1, 0.15) is 31.5 Å². The molecule has 0 fully saturated rings. The molecule has 0 saturated carbocycles. The van der Waals surface area contributed by atoms with Crippen molar-refractivity contribution in [3.05, 3.63) is 17.8 Å². The first kappa shape index (κ1) is 12.5. The van der Waals surface area contributed by atoms with Gasteiger partial charge >= 0.3 is 6.09 Å². The van der Waals surface area contributed by atoms with Gasteiger partial charge in [0, 0.05) is 12.1 Å². The molecule has 6 nitrogen and oxygen atoms in total. The van der Waals surface area contributed by atoms with Gasteiger partial charge in [-0.2, -0.15) is 0 Å². The number of amides is 1. The Kier molecular flexibility index (Phi) is 3.55. The van der Waals surface area contributed by atoms with E-state index in [1.54, 1.807) is 13.2 Å². The third-order valence-electron chi connectivity index (χ3n) is 3.11. The highest BCUT2D eigenvalue weighted by atomic mass is 16.5. The van der Waals surface area contributed by atoms with E-state index in [9.17, 15) is 4.79 Å². The van der Waals surface area contributed by atoms with Crippen LogP contribution in [-0.2, 0) is 0 Å². The van der Waals surface area contributed by atoms with Crippen molar-refractivity contribution in [2.45, 2.75) is 31.8 Å². The Morgan fingerprint density at radius 2 is 2.44 bits per heavy atom. The number of carboxylic acid groups (broad SMARTS) is 1. The molecule has 1 aromatic heterocycles. The highest BCUT2D eigenvalue weighted by Crippen LogP contribution is 2.33. The average molecular weight is 251 g/mol. The zero-order chi connectivity index (χ0) is 13.1. The SMILES string of the molecule is CCC1CC(NC(=O)O)c2nc(OC)ccc2N1. The lowest BCUT2D eigenvalue weighted by molar-refractivity contribution is 0.188. The van der Waals surface area contributed by atoms with Crippen LogP contribution < -0.4 is 15.4 Å². The predicted molar refractivity (Wildman–Crippen MR) is 67.0 cm³/mol. The summed E-state index contributed by atoms with van der Waals surface area (Å²) in [4.78, 5) is 15.2. The maximum Gasteiger partial charge on any atom is 0.405 e. The molecule has 0 aromatic carbocycles. The Balaban J connectivity index is 2.33. The first-order valence-electron chi connectivity index (χ1n) is 5.95. The second-order valence-corrected chi connectivity index (χ2v) is 4.27. The van der Waals surface area contributed by atoms with Crippen LogP contribution >= 0.6 is 0 Å². The molecule has 0 radical (unpaired) electrons. The second kappa shape index (κ2) is 5.12. The minimum Gasteiger partial charge on any atom is -0.481 e. The molecule has 1 amide bonds. The van der Waals surface area contributed by atoms with E-state index in [0.29, 0.717) is 18.0 Å². The molecule has 18 heavy (non-hydrogen) atoms. The van der Waals surface area contributed by atoms with E-state index in [1.165, 1.54) is 0 Å². The molecule has 0 saturated heterocycles. The number of pyridine rings is 1. The standard InChI is InChI=1S/C12H17N3O3/c1-3-7-6-9(14-12(16)17)11-8(13-7)4-5-10(15-11)18-2/h4-5,7,9,13-14H,3,6H2,1-2H3,(H,16,17). The van der Waals surface area contributed by atoms with E-state index >= 15 is 0 Å². The van der Waals surface area contributed by atoms with Crippen molar-refractivity contribution in [2.24, 2.45) is 0 Å². The van der Waals surface area contributed by atoms with Gasteiger partial charge in [-0.25, -0.2) is 9.78 Å². The smallest absolute Gasteiger partial charge is 0.405 e. The molecule has 1 aliphatic heterocycles. The Morgan fingerprint density at radius 1 is 1.67 bits per heavy atom. The van der Waals surface area contributed by atoms with Gasteiger partial charge < -0.3 is 20.5 Å². The van der Waals surface area contributed by atoms with Crippen molar-refractivity contribution in [1.82, 2.24) is 10.3 Å². The summed E-state index contributed by atoms with van der Waals surface area (Å²) in [6.45, 7) is 2.07. The van der Waals surface area contributed by atoms with E-state index in [2.05, 4.69) is 22.5 Å². The summed E-state index contributed by atoms with van der Waals surface area (Å²) in [5, 5.41) is 14.7. The van der Waals surface area contributed by atoms with Crippen LogP contribution in [0.25, 0.3) is 0 Å². The van der Waals surface area contributed by atoms with Crippen molar-refractivity contribution >= 4 is 11.8 Å². The van der Waals surface area contributed by atoms with Gasteiger partial charge in [0.1, 0.15) is 0 Å². The average Bonchev–Trinajstić information content (AvgIpc) is 2.37. The quantitative estimate of drug-likeness (QED) is 0.765. The Bertz CT molecular complexity index is 450. The van der Waals surface area contributed by atoms with Gasteiger partial charge in [-0.3, -0.25) is 0 Å². The van der Waals surface area contributed by atoms with Crippen molar-refractivity contribution in [3.8, 4) is 5.88 Å². The van der Waals surface area contributed by atoms with Gasteiger partial charge in [-0.1, -0.05) is 6.92 Å². The predicted octanol–water partition coefficient (Wildman–Crippen LogP) is 1.99. The number of aromatic nitrogens is 1. The molecule has 2 heterocycles. The van der Waals surface area contributed by atoms with Gasteiger partial charge in [-0.15, -0.1) is 0 Å². The van der Waals surface area contributed by atoms with Crippen molar-refractivity contribution < 1.29 is 14.6 Å². The molecule has 3 N–H and O–H groups in total. The first-order chi connectivity index (χ1) is 8.63. The fourth-order valence-corrected chi connectivity index (χ4v) is 2.18. The van der Waals surface area contributed by atoms with Gasteiger partial charge in [0.05, 0.1) is 24.5 Å². The van der Waals surface area contributed by atoms with E-state index in [1.807, 2.05) is 6.07 Å². The van der Waals surface area contributed by atoms with E-state index < -0.39 is 6.09 Å². The lowest BCUT2D eigenvalue weighted by Gasteiger charge is -2.31. The molecule has 1 aromatic rings. The molecular weight excluding hydrogens is 234 g/mol. The fourth-order valence-electron chi connectivity index (χ4n) is 2.18. The molecule has 2 atom stereocenters. The number of hydrogen-bond acceptors (Lipinski definition) is 4. The number of anilines is 1. The zero-order valence-corrected chi connectivity index (χ0v) is 10.4. The van der Waals surface area contributed by atoms with Crippen LogP contribution in [0.4, 0.5) is 10.5 Å². The number of hydrogen-bond donors (Lipinski definition) is 3. The summed E-state index contributed by atoms with van der Waals surface area (Å²) in [6, 6.07) is 3.60. The fraction of sp³-hybridized carbons (Fsp3) is 0.500. The number of methoxy groups -OCH3 is 1. The highest BCUT2D eigenvalue weighted by molar-refractivity contribution is 5.66. The molecule has 0 aliphatic carbocycles. The maximum absolute atomic E-state index is 10.8. The third kappa shape index (κ3) is 2.47. The monoisotopic (exact) mass is 251 g/mol. The molecule has 0 bridgehead atoms. The number of nitrogens with one attached hydrogen (secondary N) is 2. The van der Waals surface area contributed by atoms with Gasteiger partial charge in [0.15, 0.2) is 0 Å². The Morgan fingerprint density at radius 3 is 3.06 bits per heavy atom. The van der Waals surface area contributed by atoms with Crippen molar-refractivity contribution in [2.75, 3.05) is 12.4 Å². The lowest BCUT2D eigenvalue weighted by Crippen LogP contribution is -2.37. The van der Waals surface area contributed by atoms with E-state index in [4.69, 9.17) is 9.84 Å². The first-order valence-corrected chi connectivity index (χ1v) is 5.95. The Labute approximate surface area is 105 Å². The number of rotatable bonds is 3. The van der Waals surface area contributed by atoms with Crippen LogP contribution in [0.15, 0.2) is 12.1 Å². The van der Waals surface area contributed by atoms with E-state index in [0.717, 1.165) is 12.1 Å². The topological polar surface area (TPSA) is 83.5 Å². The van der Waals surface area contributed by atoms with Crippen LogP contribution in [0.5, 0.6) is 5.88 Å². The van der Waals surface area contributed by atoms with Gasteiger partial charge in [-0.05, 0) is 18.9 Å². The number of ether oxygens (including phenoxy) is 1. The van der Waals surface area contributed by atoms with E-state index in [-0.39, 0.29) is 12.1 Å².